The molecule has 1 saturated carbocycles. The smallest absolute Gasteiger partial charge is 0.251 e. The third-order valence-corrected chi connectivity index (χ3v) is 4.93. The van der Waals surface area contributed by atoms with Crippen LogP contribution < -0.4 is 11.1 Å². The van der Waals surface area contributed by atoms with Crippen LogP contribution in [-0.4, -0.2) is 28.3 Å². The molecule has 0 saturated heterocycles. The summed E-state index contributed by atoms with van der Waals surface area (Å²) in [6, 6.07) is 10.1. The van der Waals surface area contributed by atoms with Gasteiger partial charge in [-0.3, -0.25) is 9.48 Å². The second-order valence-electron chi connectivity index (χ2n) is 6.79. The summed E-state index contributed by atoms with van der Waals surface area (Å²) in [7, 11) is 0. The topological polar surface area (TPSA) is 72.9 Å². The number of nitrogens with one attached hydrogen (secondary N) is 1. The molecule has 5 nitrogen and oxygen atoms in total. The fraction of sp³-hybridized carbons (Fsp3) is 0.474. The van der Waals surface area contributed by atoms with E-state index in [-0.39, 0.29) is 11.9 Å². The number of nitrogens with zero attached hydrogens (tertiary/aromatic N) is 2. The lowest BCUT2D eigenvalue weighted by Gasteiger charge is -2.19. The Morgan fingerprint density at radius 1 is 1.29 bits per heavy atom. The predicted octanol–water partition coefficient (Wildman–Crippen LogP) is 2.41. The van der Waals surface area contributed by atoms with Crippen molar-refractivity contribution in [2.24, 2.45) is 11.7 Å². The molecule has 1 heterocycles. The number of nitrogens with two attached hydrogens (primary N) is 1. The molecule has 3 N–H and O–H groups in total. The largest absolute Gasteiger partial charge is 0.349 e. The van der Waals surface area contributed by atoms with Crippen LogP contribution in [0.4, 0.5) is 0 Å². The normalized spacial score (nSPS) is 20.3. The van der Waals surface area contributed by atoms with E-state index in [2.05, 4.69) is 23.4 Å². The Kier molecular flexibility index (Phi) is 5.00. The van der Waals surface area contributed by atoms with Gasteiger partial charge >= 0.3 is 0 Å². The van der Waals surface area contributed by atoms with Crippen molar-refractivity contribution in [2.75, 3.05) is 6.54 Å². The van der Waals surface area contributed by atoms with Crippen LogP contribution in [0.5, 0.6) is 0 Å². The minimum absolute atomic E-state index is 0.00184. The van der Waals surface area contributed by atoms with Crippen LogP contribution >= 0.6 is 0 Å². The van der Waals surface area contributed by atoms with Crippen molar-refractivity contribution in [3.05, 3.63) is 52.8 Å². The van der Waals surface area contributed by atoms with Crippen molar-refractivity contribution in [1.29, 1.82) is 0 Å². The van der Waals surface area contributed by atoms with E-state index < -0.39 is 0 Å². The summed E-state index contributed by atoms with van der Waals surface area (Å²) in [6.07, 6.45) is 3.29. The van der Waals surface area contributed by atoms with Gasteiger partial charge in [0.05, 0.1) is 12.2 Å². The Morgan fingerprint density at radius 2 is 2.04 bits per heavy atom. The molecule has 0 aliphatic heterocycles. The van der Waals surface area contributed by atoms with Crippen LogP contribution in [0.2, 0.25) is 0 Å². The molecular weight excluding hydrogens is 300 g/mol. The number of aryl methyl sites for hydroxylation is 2. The third-order valence-electron chi connectivity index (χ3n) is 4.93. The quantitative estimate of drug-likeness (QED) is 0.886. The summed E-state index contributed by atoms with van der Waals surface area (Å²) >= 11 is 0. The van der Waals surface area contributed by atoms with Gasteiger partial charge in [0, 0.05) is 17.3 Å². The van der Waals surface area contributed by atoms with E-state index in [4.69, 9.17) is 5.73 Å². The number of rotatable bonds is 5. The zero-order chi connectivity index (χ0) is 17.1. The first-order chi connectivity index (χ1) is 11.6. The lowest BCUT2D eigenvalue weighted by Crippen LogP contribution is -2.39. The molecule has 1 aliphatic rings. The van der Waals surface area contributed by atoms with E-state index in [9.17, 15) is 4.79 Å². The van der Waals surface area contributed by atoms with E-state index in [1.165, 1.54) is 0 Å². The molecule has 0 radical (unpaired) electrons. The van der Waals surface area contributed by atoms with Crippen LogP contribution in [-0.2, 0) is 6.54 Å². The summed E-state index contributed by atoms with van der Waals surface area (Å²) in [5, 5.41) is 7.62. The van der Waals surface area contributed by atoms with Crippen LogP contribution in [0, 0.1) is 19.8 Å². The van der Waals surface area contributed by atoms with Crippen molar-refractivity contribution in [3.63, 3.8) is 0 Å². The summed E-state index contributed by atoms with van der Waals surface area (Å²) in [5.74, 6) is 0.414. The molecule has 24 heavy (non-hydrogen) atoms. The Balaban J connectivity index is 1.63. The second-order valence-corrected chi connectivity index (χ2v) is 6.79. The summed E-state index contributed by atoms with van der Waals surface area (Å²) < 4.78 is 1.98. The molecular formula is C19H26N4O. The maximum absolute atomic E-state index is 12.4. The van der Waals surface area contributed by atoms with Gasteiger partial charge in [0.2, 0.25) is 0 Å². The molecule has 5 heteroatoms. The molecule has 1 fully saturated rings. The minimum Gasteiger partial charge on any atom is -0.349 e. The van der Waals surface area contributed by atoms with Gasteiger partial charge in [0.1, 0.15) is 0 Å². The highest BCUT2D eigenvalue weighted by Crippen LogP contribution is 2.24. The lowest BCUT2D eigenvalue weighted by atomic mass is 10.0. The van der Waals surface area contributed by atoms with Crippen molar-refractivity contribution in [1.82, 2.24) is 15.1 Å². The first kappa shape index (κ1) is 16.7. The molecule has 1 aromatic heterocycles. The third kappa shape index (κ3) is 3.67. The number of carbonyl (C=O) groups is 1. The van der Waals surface area contributed by atoms with Crippen LogP contribution in [0.1, 0.15) is 46.6 Å². The van der Waals surface area contributed by atoms with Crippen molar-refractivity contribution < 1.29 is 4.79 Å². The monoisotopic (exact) mass is 326 g/mol. The Labute approximate surface area is 143 Å². The van der Waals surface area contributed by atoms with Gasteiger partial charge < -0.3 is 11.1 Å². The van der Waals surface area contributed by atoms with E-state index in [0.29, 0.717) is 18.0 Å². The van der Waals surface area contributed by atoms with E-state index >= 15 is 0 Å². The Hall–Kier alpha value is -2.14. The van der Waals surface area contributed by atoms with E-state index in [0.717, 1.165) is 42.8 Å². The molecule has 1 aliphatic carbocycles. The molecule has 0 bridgehead atoms. The van der Waals surface area contributed by atoms with Gasteiger partial charge in [-0.1, -0.05) is 18.6 Å². The first-order valence-corrected chi connectivity index (χ1v) is 8.67. The van der Waals surface area contributed by atoms with Crippen LogP contribution in [0.25, 0.3) is 0 Å². The van der Waals surface area contributed by atoms with Crippen LogP contribution in [0.3, 0.4) is 0 Å². The Morgan fingerprint density at radius 3 is 2.67 bits per heavy atom. The number of hydrogen-bond acceptors (Lipinski definition) is 3. The van der Waals surface area contributed by atoms with Gasteiger partial charge in [-0.05, 0) is 62.9 Å². The maximum Gasteiger partial charge on any atom is 0.251 e. The number of amides is 1. The van der Waals surface area contributed by atoms with E-state index in [1.807, 2.05) is 35.9 Å². The van der Waals surface area contributed by atoms with Crippen molar-refractivity contribution >= 4 is 5.91 Å². The van der Waals surface area contributed by atoms with Crippen molar-refractivity contribution in [3.8, 4) is 0 Å². The van der Waals surface area contributed by atoms with E-state index in [1.54, 1.807) is 0 Å². The fourth-order valence-electron chi connectivity index (χ4n) is 3.53. The average molecular weight is 326 g/mol. The first-order valence-electron chi connectivity index (χ1n) is 8.67. The number of aromatic nitrogens is 2. The highest BCUT2D eigenvalue weighted by Gasteiger charge is 2.27. The Bertz CT molecular complexity index is 705. The standard InChI is InChI=1S/C19H26N4O/c1-13-10-14(2)23(22-13)12-15-6-8-16(9-7-15)19(24)21-18-5-3-4-17(18)11-20/h6-10,17-18H,3-5,11-12,20H2,1-2H3,(H,21,24). The number of benzene rings is 1. The fourth-order valence-corrected chi connectivity index (χ4v) is 3.53. The molecule has 1 amide bonds. The summed E-state index contributed by atoms with van der Waals surface area (Å²) in [6.45, 7) is 5.41. The molecule has 0 spiro atoms. The van der Waals surface area contributed by atoms with Gasteiger partial charge in [-0.15, -0.1) is 0 Å². The van der Waals surface area contributed by atoms with Crippen molar-refractivity contribution in [2.45, 2.75) is 45.7 Å². The highest BCUT2D eigenvalue weighted by atomic mass is 16.1. The lowest BCUT2D eigenvalue weighted by molar-refractivity contribution is 0.0929. The SMILES string of the molecule is Cc1cc(C)n(Cc2ccc(C(=O)NC3CCCC3CN)cc2)n1. The second kappa shape index (κ2) is 7.18. The molecule has 128 valence electrons. The average Bonchev–Trinajstić information content (AvgIpc) is 3.14. The molecule has 2 unspecified atom stereocenters. The molecule has 2 atom stereocenters. The molecule has 3 rings (SSSR count). The predicted molar refractivity (Wildman–Crippen MR) is 94.9 cm³/mol. The minimum atomic E-state index is -0.00184. The zero-order valence-electron chi connectivity index (χ0n) is 14.5. The van der Waals surface area contributed by atoms with Gasteiger partial charge in [-0.25, -0.2) is 0 Å². The van der Waals surface area contributed by atoms with Gasteiger partial charge in [0.25, 0.3) is 5.91 Å². The van der Waals surface area contributed by atoms with Gasteiger partial charge in [0.15, 0.2) is 0 Å². The number of carbonyl (C=O) groups excluding carboxylic acids is 1. The number of hydrogen-bond donors (Lipinski definition) is 2. The van der Waals surface area contributed by atoms with Crippen LogP contribution in [0.15, 0.2) is 30.3 Å². The summed E-state index contributed by atoms with van der Waals surface area (Å²) in [4.78, 5) is 12.4. The molecule has 2 aromatic rings. The summed E-state index contributed by atoms with van der Waals surface area (Å²) in [5.41, 5.74) is 9.79. The highest BCUT2D eigenvalue weighted by molar-refractivity contribution is 5.94. The van der Waals surface area contributed by atoms with Gasteiger partial charge in [-0.2, -0.15) is 5.10 Å². The molecule has 1 aromatic carbocycles. The maximum atomic E-state index is 12.4. The zero-order valence-corrected chi connectivity index (χ0v) is 14.5.